The fourth-order valence-corrected chi connectivity index (χ4v) is 3.84. The minimum Gasteiger partial charge on any atom is -0.380 e. The average Bonchev–Trinajstić information content (AvgIpc) is 3.19. The van der Waals surface area contributed by atoms with Crippen molar-refractivity contribution >= 4 is 5.91 Å². The van der Waals surface area contributed by atoms with Crippen LogP contribution in [0.2, 0.25) is 0 Å². The van der Waals surface area contributed by atoms with Gasteiger partial charge in [-0.3, -0.25) is 9.69 Å². The molecular formula is C16H29N3O3. The van der Waals surface area contributed by atoms with E-state index in [1.165, 1.54) is 25.9 Å². The van der Waals surface area contributed by atoms with Crippen LogP contribution in [0.15, 0.2) is 0 Å². The number of hydrogen-bond acceptors (Lipinski definition) is 5. The summed E-state index contributed by atoms with van der Waals surface area (Å²) >= 11 is 0. The van der Waals surface area contributed by atoms with Gasteiger partial charge in [0, 0.05) is 39.3 Å². The Labute approximate surface area is 133 Å². The molecule has 2 atom stereocenters. The molecule has 0 aliphatic carbocycles. The summed E-state index contributed by atoms with van der Waals surface area (Å²) < 4.78 is 10.9. The first kappa shape index (κ1) is 16.2. The molecule has 0 saturated carbocycles. The number of hydrogen-bond donors (Lipinski definition) is 0. The van der Waals surface area contributed by atoms with Crippen LogP contribution in [-0.2, 0) is 14.3 Å². The maximum Gasteiger partial charge on any atom is 0.236 e. The molecule has 0 unspecified atom stereocenters. The fourth-order valence-electron chi connectivity index (χ4n) is 3.84. The molecular weight excluding hydrogens is 282 g/mol. The molecule has 0 bridgehead atoms. The number of nitrogens with zero attached hydrogens (tertiary/aromatic N) is 3. The molecule has 6 nitrogen and oxygen atoms in total. The highest BCUT2D eigenvalue weighted by molar-refractivity contribution is 5.78. The van der Waals surface area contributed by atoms with E-state index < -0.39 is 0 Å². The molecule has 6 heteroatoms. The summed E-state index contributed by atoms with van der Waals surface area (Å²) in [5.41, 5.74) is 0. The molecule has 3 saturated heterocycles. The fraction of sp³-hybridized carbons (Fsp3) is 0.938. The van der Waals surface area contributed by atoms with E-state index in [0.29, 0.717) is 25.8 Å². The molecule has 3 rings (SSSR count). The molecule has 0 spiro atoms. The zero-order valence-corrected chi connectivity index (χ0v) is 13.7. The van der Waals surface area contributed by atoms with Gasteiger partial charge < -0.3 is 19.3 Å². The van der Waals surface area contributed by atoms with Crippen LogP contribution in [0.25, 0.3) is 0 Å². The van der Waals surface area contributed by atoms with Crippen molar-refractivity contribution in [2.45, 2.75) is 31.4 Å². The van der Waals surface area contributed by atoms with E-state index >= 15 is 0 Å². The van der Waals surface area contributed by atoms with Crippen molar-refractivity contribution < 1.29 is 14.3 Å². The van der Waals surface area contributed by atoms with Crippen molar-refractivity contribution in [3.8, 4) is 0 Å². The first-order valence-electron chi connectivity index (χ1n) is 8.61. The predicted octanol–water partition coefficient (Wildman–Crippen LogP) is 0.0303. The number of rotatable bonds is 5. The van der Waals surface area contributed by atoms with Crippen LogP contribution >= 0.6 is 0 Å². The van der Waals surface area contributed by atoms with Crippen LogP contribution in [-0.4, -0.2) is 98.9 Å². The Morgan fingerprint density at radius 2 is 1.91 bits per heavy atom. The summed E-state index contributed by atoms with van der Waals surface area (Å²) in [4.78, 5) is 19.3. The maximum absolute atomic E-state index is 12.5. The van der Waals surface area contributed by atoms with Crippen molar-refractivity contribution in [3.05, 3.63) is 0 Å². The van der Waals surface area contributed by atoms with Crippen LogP contribution < -0.4 is 0 Å². The van der Waals surface area contributed by atoms with E-state index in [4.69, 9.17) is 9.47 Å². The van der Waals surface area contributed by atoms with Crippen molar-refractivity contribution in [3.63, 3.8) is 0 Å². The minimum atomic E-state index is 0.242. The van der Waals surface area contributed by atoms with Gasteiger partial charge in [0.05, 0.1) is 25.9 Å². The molecule has 3 aliphatic rings. The lowest BCUT2D eigenvalue weighted by molar-refractivity contribution is -0.136. The minimum absolute atomic E-state index is 0.242. The Hall–Kier alpha value is -0.690. The van der Waals surface area contributed by atoms with Crippen molar-refractivity contribution in [1.82, 2.24) is 14.7 Å². The first-order valence-corrected chi connectivity index (χ1v) is 8.61. The normalized spacial score (nSPS) is 31.0. The smallest absolute Gasteiger partial charge is 0.236 e. The molecule has 0 N–H and O–H groups in total. The molecule has 3 heterocycles. The van der Waals surface area contributed by atoms with E-state index in [9.17, 15) is 4.79 Å². The van der Waals surface area contributed by atoms with Crippen molar-refractivity contribution in [1.29, 1.82) is 0 Å². The lowest BCUT2D eigenvalue weighted by atomic mass is 10.2. The standard InChI is InChI=1S/C16H29N3O3/c1-21-15-10-14(11-17-4-2-3-5-17)19(12-15)13-16(20)18-6-8-22-9-7-18/h14-15H,2-13H2,1H3/t14-,15-/m0/s1. The Morgan fingerprint density at radius 1 is 1.18 bits per heavy atom. The molecule has 0 aromatic rings. The van der Waals surface area contributed by atoms with E-state index in [1.807, 2.05) is 4.90 Å². The third-order valence-electron chi connectivity index (χ3n) is 5.19. The number of methoxy groups -OCH3 is 1. The number of ether oxygens (including phenoxy) is 2. The van der Waals surface area contributed by atoms with Crippen LogP contribution in [0.4, 0.5) is 0 Å². The third kappa shape index (κ3) is 3.98. The monoisotopic (exact) mass is 311 g/mol. The Balaban J connectivity index is 1.54. The highest BCUT2D eigenvalue weighted by Crippen LogP contribution is 2.22. The second kappa shape index (κ2) is 7.73. The lowest BCUT2D eigenvalue weighted by Crippen LogP contribution is -2.48. The highest BCUT2D eigenvalue weighted by Gasteiger charge is 2.35. The van der Waals surface area contributed by atoms with Crippen molar-refractivity contribution in [2.75, 3.05) is 66.1 Å². The van der Waals surface area contributed by atoms with E-state index in [-0.39, 0.29) is 12.0 Å². The summed E-state index contributed by atoms with van der Waals surface area (Å²) in [6.07, 6.45) is 3.94. The summed E-state index contributed by atoms with van der Waals surface area (Å²) in [6, 6.07) is 0.452. The van der Waals surface area contributed by atoms with Gasteiger partial charge in [-0.15, -0.1) is 0 Å². The second-order valence-corrected chi connectivity index (χ2v) is 6.68. The Bertz CT molecular complexity index is 368. The largest absolute Gasteiger partial charge is 0.380 e. The molecule has 0 aromatic carbocycles. The predicted molar refractivity (Wildman–Crippen MR) is 83.8 cm³/mol. The molecule has 0 aromatic heterocycles. The number of carbonyl (C=O) groups is 1. The summed E-state index contributed by atoms with van der Waals surface area (Å²) in [6.45, 7) is 7.71. The van der Waals surface area contributed by atoms with Gasteiger partial charge in [0.1, 0.15) is 0 Å². The molecule has 1 amide bonds. The second-order valence-electron chi connectivity index (χ2n) is 6.68. The Morgan fingerprint density at radius 3 is 2.59 bits per heavy atom. The van der Waals surface area contributed by atoms with Gasteiger partial charge in [0.15, 0.2) is 0 Å². The Kier molecular flexibility index (Phi) is 5.68. The van der Waals surface area contributed by atoms with Gasteiger partial charge in [-0.2, -0.15) is 0 Å². The lowest BCUT2D eigenvalue weighted by Gasteiger charge is -2.31. The summed E-state index contributed by atoms with van der Waals surface area (Å²) in [5, 5.41) is 0. The summed E-state index contributed by atoms with van der Waals surface area (Å²) in [5.74, 6) is 0.242. The number of likely N-dealkylation sites (tertiary alicyclic amines) is 2. The molecule has 126 valence electrons. The first-order chi connectivity index (χ1) is 10.8. The third-order valence-corrected chi connectivity index (χ3v) is 5.19. The van der Waals surface area contributed by atoms with E-state index in [1.54, 1.807) is 7.11 Å². The van der Waals surface area contributed by atoms with Crippen LogP contribution in [0.5, 0.6) is 0 Å². The van der Waals surface area contributed by atoms with Crippen LogP contribution in [0.3, 0.4) is 0 Å². The van der Waals surface area contributed by atoms with E-state index in [0.717, 1.165) is 32.6 Å². The maximum atomic E-state index is 12.5. The quantitative estimate of drug-likeness (QED) is 0.717. The van der Waals surface area contributed by atoms with Gasteiger partial charge in [0.2, 0.25) is 5.91 Å². The SMILES string of the molecule is CO[C@H]1C[C@@H](CN2CCCC2)N(CC(=O)N2CCOCC2)C1. The number of amides is 1. The van der Waals surface area contributed by atoms with Gasteiger partial charge in [0.25, 0.3) is 0 Å². The van der Waals surface area contributed by atoms with Crippen LogP contribution in [0.1, 0.15) is 19.3 Å². The zero-order valence-electron chi connectivity index (χ0n) is 13.7. The molecule has 3 aliphatic heterocycles. The topological polar surface area (TPSA) is 45.2 Å². The molecule has 22 heavy (non-hydrogen) atoms. The van der Waals surface area contributed by atoms with Crippen molar-refractivity contribution in [2.24, 2.45) is 0 Å². The van der Waals surface area contributed by atoms with E-state index in [2.05, 4.69) is 9.80 Å². The van der Waals surface area contributed by atoms with Crippen LogP contribution in [0, 0.1) is 0 Å². The van der Waals surface area contributed by atoms with Gasteiger partial charge in [-0.25, -0.2) is 0 Å². The number of morpholine rings is 1. The summed E-state index contributed by atoms with van der Waals surface area (Å²) in [7, 11) is 1.78. The number of carbonyl (C=O) groups excluding carboxylic acids is 1. The van der Waals surface area contributed by atoms with Gasteiger partial charge in [-0.05, 0) is 32.4 Å². The average molecular weight is 311 g/mol. The van der Waals surface area contributed by atoms with Gasteiger partial charge >= 0.3 is 0 Å². The molecule has 3 fully saturated rings. The van der Waals surface area contributed by atoms with Gasteiger partial charge in [-0.1, -0.05) is 0 Å². The molecule has 0 radical (unpaired) electrons. The zero-order chi connectivity index (χ0) is 15.4. The highest BCUT2D eigenvalue weighted by atomic mass is 16.5.